The molecule has 2 aromatic carbocycles. The molecule has 0 aliphatic heterocycles. The van der Waals surface area contributed by atoms with E-state index in [1.807, 2.05) is 18.2 Å². The minimum absolute atomic E-state index is 0.331. The Balaban J connectivity index is 1.59. The third-order valence-electron chi connectivity index (χ3n) is 4.98. The van der Waals surface area contributed by atoms with Crippen LogP contribution >= 0.6 is 11.6 Å². The summed E-state index contributed by atoms with van der Waals surface area (Å²) in [5.41, 5.74) is 2.90. The van der Waals surface area contributed by atoms with Crippen LogP contribution in [0.15, 0.2) is 60.7 Å². The number of H-pyrrole nitrogens is 1. The number of aliphatic hydroxyl groups is 1. The number of amides is 1. The fourth-order valence-electron chi connectivity index (χ4n) is 3.31. The molecule has 0 aliphatic carbocycles. The summed E-state index contributed by atoms with van der Waals surface area (Å²) in [7, 11) is 1.55. The molecular formula is C23H21ClN4O3. The number of carbonyl (C=O) groups excluding carboxylic acids is 1. The van der Waals surface area contributed by atoms with Gasteiger partial charge in [-0.15, -0.1) is 0 Å². The number of imidazole rings is 1. The topological polar surface area (TPSA) is 100 Å². The quantitative estimate of drug-likeness (QED) is 0.422. The van der Waals surface area contributed by atoms with Crippen LogP contribution in [-0.4, -0.2) is 39.1 Å². The molecule has 158 valence electrons. The van der Waals surface area contributed by atoms with Crippen LogP contribution in [0.1, 0.15) is 28.9 Å². The molecule has 2 unspecified atom stereocenters. The van der Waals surface area contributed by atoms with E-state index in [0.29, 0.717) is 44.6 Å². The Morgan fingerprint density at radius 3 is 2.58 bits per heavy atom. The molecule has 1 amide bonds. The number of fused-ring (bicyclic) bond motifs is 1. The number of rotatable bonds is 6. The Kier molecular flexibility index (Phi) is 5.88. The Labute approximate surface area is 184 Å². The summed E-state index contributed by atoms with van der Waals surface area (Å²) < 4.78 is 5.17. The monoisotopic (exact) mass is 436 g/mol. The number of aromatic nitrogens is 3. The number of hydrogen-bond donors (Lipinski definition) is 3. The third-order valence-corrected chi connectivity index (χ3v) is 5.23. The molecule has 7 nitrogen and oxygen atoms in total. The SMILES string of the molecule is COc1cccc(-c2nc3c(C(=O)NC(C)C(O)c4ccc(Cl)cc4)cccc3[nH]2)n1. The molecule has 2 heterocycles. The summed E-state index contributed by atoms with van der Waals surface area (Å²) >= 11 is 5.91. The van der Waals surface area contributed by atoms with Crippen molar-refractivity contribution >= 4 is 28.5 Å². The van der Waals surface area contributed by atoms with Crippen molar-refractivity contribution < 1.29 is 14.6 Å². The maximum absolute atomic E-state index is 13.0. The first-order valence-electron chi connectivity index (χ1n) is 9.71. The zero-order valence-corrected chi connectivity index (χ0v) is 17.7. The summed E-state index contributed by atoms with van der Waals surface area (Å²) in [4.78, 5) is 25.1. The smallest absolute Gasteiger partial charge is 0.253 e. The lowest BCUT2D eigenvalue weighted by Crippen LogP contribution is -2.37. The summed E-state index contributed by atoms with van der Waals surface area (Å²) in [5.74, 6) is 0.673. The number of nitrogens with one attached hydrogen (secondary N) is 2. The van der Waals surface area contributed by atoms with Gasteiger partial charge in [-0.05, 0) is 42.8 Å². The highest BCUT2D eigenvalue weighted by atomic mass is 35.5. The molecule has 3 N–H and O–H groups in total. The number of para-hydroxylation sites is 1. The zero-order valence-electron chi connectivity index (χ0n) is 17.0. The Morgan fingerprint density at radius 2 is 1.84 bits per heavy atom. The molecule has 2 aromatic heterocycles. The van der Waals surface area contributed by atoms with Crippen molar-refractivity contribution in [2.24, 2.45) is 0 Å². The second-order valence-corrected chi connectivity index (χ2v) is 7.55. The van der Waals surface area contributed by atoms with Crippen molar-refractivity contribution in [1.82, 2.24) is 20.3 Å². The summed E-state index contributed by atoms with van der Waals surface area (Å²) in [6.07, 6.45) is -0.879. The number of benzene rings is 2. The summed E-state index contributed by atoms with van der Waals surface area (Å²) in [6.45, 7) is 1.74. The van der Waals surface area contributed by atoms with Crippen LogP contribution in [0.3, 0.4) is 0 Å². The largest absolute Gasteiger partial charge is 0.481 e. The molecule has 0 saturated heterocycles. The van der Waals surface area contributed by atoms with E-state index in [4.69, 9.17) is 16.3 Å². The van der Waals surface area contributed by atoms with Gasteiger partial charge in [0.1, 0.15) is 11.2 Å². The normalized spacial score (nSPS) is 13.0. The van der Waals surface area contributed by atoms with Gasteiger partial charge in [0, 0.05) is 11.1 Å². The fraction of sp³-hybridized carbons (Fsp3) is 0.174. The number of pyridine rings is 1. The van der Waals surface area contributed by atoms with Gasteiger partial charge in [-0.2, -0.15) is 0 Å². The van der Waals surface area contributed by atoms with Crippen molar-refractivity contribution in [3.8, 4) is 17.4 Å². The minimum Gasteiger partial charge on any atom is -0.481 e. The van der Waals surface area contributed by atoms with Crippen molar-refractivity contribution in [2.75, 3.05) is 7.11 Å². The predicted molar refractivity (Wildman–Crippen MR) is 119 cm³/mol. The highest BCUT2D eigenvalue weighted by Crippen LogP contribution is 2.24. The van der Waals surface area contributed by atoms with Crippen LogP contribution in [0.25, 0.3) is 22.6 Å². The number of aliphatic hydroxyl groups excluding tert-OH is 1. The second kappa shape index (κ2) is 8.75. The van der Waals surface area contributed by atoms with Crippen molar-refractivity contribution in [2.45, 2.75) is 19.1 Å². The van der Waals surface area contributed by atoms with E-state index in [2.05, 4.69) is 20.3 Å². The van der Waals surface area contributed by atoms with E-state index < -0.39 is 12.1 Å². The first-order valence-corrected chi connectivity index (χ1v) is 10.1. The average molecular weight is 437 g/mol. The van der Waals surface area contributed by atoms with Gasteiger partial charge in [0.05, 0.1) is 30.3 Å². The van der Waals surface area contributed by atoms with Gasteiger partial charge in [0.15, 0.2) is 5.82 Å². The van der Waals surface area contributed by atoms with Gasteiger partial charge >= 0.3 is 0 Å². The summed E-state index contributed by atoms with van der Waals surface area (Å²) in [6, 6.07) is 17.0. The van der Waals surface area contributed by atoms with E-state index in [1.165, 1.54) is 0 Å². The molecule has 4 aromatic rings. The van der Waals surface area contributed by atoms with Gasteiger partial charge in [0.2, 0.25) is 5.88 Å². The zero-order chi connectivity index (χ0) is 22.0. The average Bonchev–Trinajstić information content (AvgIpc) is 3.23. The van der Waals surface area contributed by atoms with Crippen LogP contribution in [0.5, 0.6) is 5.88 Å². The fourth-order valence-corrected chi connectivity index (χ4v) is 3.44. The number of methoxy groups -OCH3 is 1. The molecule has 0 saturated carbocycles. The molecule has 0 fully saturated rings. The van der Waals surface area contributed by atoms with Gasteiger partial charge in [0.25, 0.3) is 5.91 Å². The Bertz CT molecular complexity index is 1220. The summed E-state index contributed by atoms with van der Waals surface area (Å²) in [5, 5.41) is 14.0. The number of hydrogen-bond acceptors (Lipinski definition) is 5. The van der Waals surface area contributed by atoms with Crippen molar-refractivity contribution in [1.29, 1.82) is 0 Å². The number of ether oxygens (including phenoxy) is 1. The van der Waals surface area contributed by atoms with Crippen molar-refractivity contribution in [3.63, 3.8) is 0 Å². The maximum Gasteiger partial charge on any atom is 0.253 e. The molecule has 0 bridgehead atoms. The molecule has 0 radical (unpaired) electrons. The standard InChI is InChI=1S/C23H21ClN4O3/c1-13(21(29)14-9-11-15(24)12-10-14)25-23(30)16-5-3-6-17-20(16)28-22(27-17)18-7-4-8-19(26-18)31-2/h3-13,21,29H,1-2H3,(H,25,30)(H,27,28). The van der Waals surface area contributed by atoms with Crippen LogP contribution < -0.4 is 10.1 Å². The Morgan fingerprint density at radius 1 is 1.10 bits per heavy atom. The molecule has 0 spiro atoms. The lowest BCUT2D eigenvalue weighted by Gasteiger charge is -2.20. The van der Waals surface area contributed by atoms with Crippen LogP contribution in [0, 0.1) is 0 Å². The Hall–Kier alpha value is -3.42. The molecule has 0 aliphatic rings. The lowest BCUT2D eigenvalue weighted by atomic mass is 10.0. The first kappa shape index (κ1) is 20.8. The second-order valence-electron chi connectivity index (χ2n) is 7.11. The van der Waals surface area contributed by atoms with Crippen LogP contribution in [-0.2, 0) is 0 Å². The van der Waals surface area contributed by atoms with E-state index in [9.17, 15) is 9.90 Å². The highest BCUT2D eigenvalue weighted by molar-refractivity contribution is 6.30. The number of carbonyl (C=O) groups is 1. The first-order chi connectivity index (χ1) is 15.0. The predicted octanol–water partition coefficient (Wildman–Crippen LogP) is 4.14. The minimum atomic E-state index is -0.879. The van der Waals surface area contributed by atoms with Crippen LogP contribution in [0.4, 0.5) is 0 Å². The van der Waals surface area contributed by atoms with Gasteiger partial charge in [-0.3, -0.25) is 4.79 Å². The number of aromatic amines is 1. The third kappa shape index (κ3) is 4.38. The van der Waals surface area contributed by atoms with Gasteiger partial charge in [-0.25, -0.2) is 9.97 Å². The van der Waals surface area contributed by atoms with Gasteiger partial charge < -0.3 is 20.1 Å². The van der Waals surface area contributed by atoms with Crippen LogP contribution in [0.2, 0.25) is 5.02 Å². The number of halogens is 1. The maximum atomic E-state index is 13.0. The van der Waals surface area contributed by atoms with Gasteiger partial charge in [-0.1, -0.05) is 35.9 Å². The lowest BCUT2D eigenvalue weighted by molar-refractivity contribution is 0.0853. The van der Waals surface area contributed by atoms with E-state index in [-0.39, 0.29) is 5.91 Å². The molecular weight excluding hydrogens is 416 g/mol. The van der Waals surface area contributed by atoms with E-state index in [1.54, 1.807) is 56.5 Å². The van der Waals surface area contributed by atoms with Crippen molar-refractivity contribution in [3.05, 3.63) is 76.8 Å². The van der Waals surface area contributed by atoms with E-state index >= 15 is 0 Å². The molecule has 31 heavy (non-hydrogen) atoms. The number of nitrogens with zero attached hydrogens (tertiary/aromatic N) is 2. The molecule has 2 atom stereocenters. The molecule has 4 rings (SSSR count). The van der Waals surface area contributed by atoms with E-state index in [0.717, 1.165) is 0 Å². The molecule has 8 heteroatoms. The highest BCUT2D eigenvalue weighted by Gasteiger charge is 2.21.